The Morgan fingerprint density at radius 2 is 1.44 bits per heavy atom. The quantitative estimate of drug-likeness (QED) is 0.328. The van der Waals surface area contributed by atoms with E-state index in [4.69, 9.17) is 28.4 Å². The Bertz CT molecular complexity index is 934. The number of hydrogen-bond acceptors (Lipinski definition) is 7. The molecule has 0 amide bonds. The maximum Gasteiger partial charge on any atom is 0.197 e. The van der Waals surface area contributed by atoms with Gasteiger partial charge in [-0.25, -0.2) is 0 Å². The Morgan fingerprint density at radius 1 is 0.875 bits per heavy atom. The molecule has 7 heteroatoms. The predicted octanol–water partition coefficient (Wildman–Crippen LogP) is 4.74. The summed E-state index contributed by atoms with van der Waals surface area (Å²) in [6.07, 6.45) is 6.01. The van der Waals surface area contributed by atoms with Gasteiger partial charge in [-0.2, -0.15) is 0 Å². The zero-order chi connectivity index (χ0) is 23.3. The van der Waals surface area contributed by atoms with Crippen LogP contribution in [0.4, 0.5) is 0 Å². The van der Waals surface area contributed by atoms with Gasteiger partial charge in [-0.1, -0.05) is 24.3 Å². The van der Waals surface area contributed by atoms with Crippen molar-refractivity contribution in [3.8, 4) is 23.0 Å². The van der Waals surface area contributed by atoms with Crippen LogP contribution in [0, 0.1) is 0 Å². The van der Waals surface area contributed by atoms with Crippen LogP contribution >= 0.6 is 0 Å². The number of benzene rings is 2. The van der Waals surface area contributed by atoms with Crippen LogP contribution in [-0.2, 0) is 14.3 Å². The smallest absolute Gasteiger partial charge is 0.197 e. The van der Waals surface area contributed by atoms with Crippen LogP contribution < -0.4 is 18.9 Å². The Kier molecular flexibility index (Phi) is 10.3. The fourth-order valence-corrected chi connectivity index (χ4v) is 2.77. The second kappa shape index (κ2) is 13.2. The number of carbonyl (C=O) groups excluding carboxylic acids is 1. The van der Waals surface area contributed by atoms with Gasteiger partial charge in [0.05, 0.1) is 14.2 Å². The molecule has 2 aromatic rings. The molecule has 0 aliphatic rings. The summed E-state index contributed by atoms with van der Waals surface area (Å²) < 4.78 is 32.2. The van der Waals surface area contributed by atoms with Gasteiger partial charge < -0.3 is 28.4 Å². The average Bonchev–Trinajstić information content (AvgIpc) is 2.80. The fourth-order valence-electron chi connectivity index (χ4n) is 2.77. The third-order valence-electron chi connectivity index (χ3n) is 4.28. The molecule has 0 radical (unpaired) electrons. The highest BCUT2D eigenvalue weighted by Gasteiger charge is 2.09. The number of allylic oxidation sites excluding steroid dienone is 2. The maximum absolute atomic E-state index is 12.3. The number of ketones is 1. The SMILES string of the molecule is CCOC(C)Oc1ccc(C=CC(=O)C=Cc2ccc(OCOC)c(OC)c2)cc1OC. The van der Waals surface area contributed by atoms with Crippen LogP contribution in [-0.4, -0.2) is 46.8 Å². The van der Waals surface area contributed by atoms with Crippen molar-refractivity contribution in [2.75, 3.05) is 34.7 Å². The van der Waals surface area contributed by atoms with Gasteiger partial charge in [0.2, 0.25) is 0 Å². The van der Waals surface area contributed by atoms with Crippen molar-refractivity contribution >= 4 is 17.9 Å². The number of rotatable bonds is 13. The van der Waals surface area contributed by atoms with E-state index in [1.54, 1.807) is 57.7 Å². The predicted molar refractivity (Wildman–Crippen MR) is 123 cm³/mol. The van der Waals surface area contributed by atoms with Crippen molar-refractivity contribution < 1.29 is 33.2 Å². The summed E-state index contributed by atoms with van der Waals surface area (Å²) in [5.74, 6) is 2.09. The van der Waals surface area contributed by atoms with E-state index >= 15 is 0 Å². The molecule has 0 aromatic heterocycles. The van der Waals surface area contributed by atoms with E-state index in [-0.39, 0.29) is 18.9 Å². The van der Waals surface area contributed by atoms with E-state index in [2.05, 4.69) is 0 Å². The highest BCUT2D eigenvalue weighted by Crippen LogP contribution is 2.30. The minimum atomic E-state index is -0.388. The third kappa shape index (κ3) is 7.76. The highest BCUT2D eigenvalue weighted by atomic mass is 16.7. The largest absolute Gasteiger partial charge is 0.493 e. The van der Waals surface area contributed by atoms with Gasteiger partial charge in [-0.15, -0.1) is 0 Å². The van der Waals surface area contributed by atoms with E-state index in [1.165, 1.54) is 12.2 Å². The molecular formula is C25H30O7. The first-order valence-corrected chi connectivity index (χ1v) is 10.2. The Morgan fingerprint density at radius 3 is 1.97 bits per heavy atom. The lowest BCUT2D eigenvalue weighted by Gasteiger charge is -2.16. The molecule has 32 heavy (non-hydrogen) atoms. The van der Waals surface area contributed by atoms with E-state index in [1.807, 2.05) is 26.0 Å². The van der Waals surface area contributed by atoms with Gasteiger partial charge >= 0.3 is 0 Å². The highest BCUT2D eigenvalue weighted by molar-refractivity contribution is 6.04. The molecule has 0 aliphatic heterocycles. The number of hydrogen-bond donors (Lipinski definition) is 0. The summed E-state index contributed by atoms with van der Waals surface area (Å²) in [7, 11) is 4.66. The van der Waals surface area contributed by atoms with Crippen molar-refractivity contribution in [1.82, 2.24) is 0 Å². The molecule has 0 saturated carbocycles. The molecule has 7 nitrogen and oxygen atoms in total. The lowest BCUT2D eigenvalue weighted by atomic mass is 10.1. The second-order valence-electron chi connectivity index (χ2n) is 6.58. The summed E-state index contributed by atoms with van der Waals surface area (Å²) in [6.45, 7) is 4.40. The minimum Gasteiger partial charge on any atom is -0.493 e. The summed E-state index contributed by atoms with van der Waals surface area (Å²) in [5.41, 5.74) is 1.61. The van der Waals surface area contributed by atoms with Crippen LogP contribution in [0.1, 0.15) is 25.0 Å². The normalized spacial score (nSPS) is 12.2. The van der Waals surface area contributed by atoms with E-state index in [0.717, 1.165) is 11.1 Å². The van der Waals surface area contributed by atoms with Gasteiger partial charge in [0.25, 0.3) is 0 Å². The standard InChI is InChI=1S/C25H30O7/c1-6-30-18(2)32-23-14-10-20(16-25(23)29-5)8-12-21(26)11-7-19-9-13-22(31-17-27-3)24(15-19)28-4/h7-16,18H,6,17H2,1-5H3. The lowest BCUT2D eigenvalue weighted by molar-refractivity contribution is -0.110. The second-order valence-corrected chi connectivity index (χ2v) is 6.58. The molecule has 172 valence electrons. The average molecular weight is 443 g/mol. The van der Waals surface area contributed by atoms with Crippen molar-refractivity contribution in [2.24, 2.45) is 0 Å². The molecule has 0 bridgehead atoms. The Labute approximate surface area is 189 Å². The van der Waals surface area contributed by atoms with Crippen LogP contribution in [0.15, 0.2) is 48.6 Å². The van der Waals surface area contributed by atoms with Gasteiger partial charge in [0, 0.05) is 13.7 Å². The molecule has 0 aliphatic carbocycles. The molecule has 2 rings (SSSR count). The molecule has 2 aromatic carbocycles. The first-order valence-electron chi connectivity index (χ1n) is 10.2. The summed E-state index contributed by atoms with van der Waals surface area (Å²) >= 11 is 0. The molecular weight excluding hydrogens is 412 g/mol. The molecule has 0 saturated heterocycles. The molecule has 0 N–H and O–H groups in total. The van der Waals surface area contributed by atoms with Gasteiger partial charge in [0.15, 0.2) is 41.9 Å². The van der Waals surface area contributed by atoms with Gasteiger partial charge in [-0.3, -0.25) is 4.79 Å². The van der Waals surface area contributed by atoms with Crippen LogP contribution in [0.5, 0.6) is 23.0 Å². The summed E-state index contributed by atoms with van der Waals surface area (Å²) in [5, 5.41) is 0. The third-order valence-corrected chi connectivity index (χ3v) is 4.28. The molecule has 0 fully saturated rings. The Hall–Kier alpha value is -3.29. The summed E-state index contributed by atoms with van der Waals surface area (Å²) in [6, 6.07) is 10.8. The number of carbonyl (C=O) groups is 1. The minimum absolute atomic E-state index is 0.123. The first kappa shape index (κ1) is 25.0. The monoisotopic (exact) mass is 442 g/mol. The van der Waals surface area contributed by atoms with Crippen molar-refractivity contribution in [2.45, 2.75) is 20.1 Å². The zero-order valence-electron chi connectivity index (χ0n) is 19.1. The van der Waals surface area contributed by atoms with Crippen LogP contribution in [0.3, 0.4) is 0 Å². The fraction of sp³-hybridized carbons (Fsp3) is 0.320. The van der Waals surface area contributed by atoms with Crippen molar-refractivity contribution in [3.05, 3.63) is 59.7 Å². The van der Waals surface area contributed by atoms with E-state index < -0.39 is 0 Å². The Balaban J connectivity index is 2.04. The van der Waals surface area contributed by atoms with Crippen LogP contribution in [0.25, 0.3) is 12.2 Å². The summed E-state index contributed by atoms with van der Waals surface area (Å²) in [4.78, 5) is 12.3. The molecule has 0 heterocycles. The lowest BCUT2D eigenvalue weighted by Crippen LogP contribution is -2.16. The van der Waals surface area contributed by atoms with Crippen molar-refractivity contribution in [3.63, 3.8) is 0 Å². The first-order chi connectivity index (χ1) is 15.5. The topological polar surface area (TPSA) is 72.5 Å². The maximum atomic E-state index is 12.3. The van der Waals surface area contributed by atoms with Crippen LogP contribution in [0.2, 0.25) is 0 Å². The molecule has 1 atom stereocenters. The number of methoxy groups -OCH3 is 3. The number of ether oxygens (including phenoxy) is 6. The van der Waals surface area contributed by atoms with Gasteiger partial charge in [-0.05, 0) is 61.4 Å². The van der Waals surface area contributed by atoms with Gasteiger partial charge in [0.1, 0.15) is 0 Å². The zero-order valence-corrected chi connectivity index (χ0v) is 19.1. The molecule has 0 spiro atoms. The molecule has 1 unspecified atom stereocenters. The van der Waals surface area contributed by atoms with Crippen molar-refractivity contribution in [1.29, 1.82) is 0 Å². The van der Waals surface area contributed by atoms with E-state index in [9.17, 15) is 4.79 Å². The van der Waals surface area contributed by atoms with E-state index in [0.29, 0.717) is 29.6 Å².